The number of ether oxygens (including phenoxy) is 1. The van der Waals surface area contributed by atoms with Crippen LogP contribution in [0.3, 0.4) is 0 Å². The van der Waals surface area contributed by atoms with Gasteiger partial charge in [0.15, 0.2) is 0 Å². The molecule has 2 amide bonds. The molecule has 0 aliphatic heterocycles. The van der Waals surface area contributed by atoms with Gasteiger partial charge in [0.05, 0.1) is 6.42 Å². The van der Waals surface area contributed by atoms with Gasteiger partial charge in [-0.3, -0.25) is 9.59 Å². The topological polar surface area (TPSA) is 105 Å². The summed E-state index contributed by atoms with van der Waals surface area (Å²) < 4.78 is 32.1. The van der Waals surface area contributed by atoms with Crippen molar-refractivity contribution < 1.29 is 33.0 Å². The first-order chi connectivity index (χ1) is 16.2. The monoisotopic (exact) mass is 472 g/mol. The Labute approximate surface area is 195 Å². The van der Waals surface area contributed by atoms with Crippen LogP contribution in [-0.2, 0) is 14.3 Å². The number of aliphatic carboxylic acids is 1. The fourth-order valence-electron chi connectivity index (χ4n) is 4.65. The number of alkyl halides is 2. The molecule has 0 saturated heterocycles. The van der Waals surface area contributed by atoms with Gasteiger partial charge < -0.3 is 20.5 Å². The van der Waals surface area contributed by atoms with E-state index < -0.39 is 42.4 Å². The molecule has 3 N–H and O–H groups in total. The average molecular weight is 472 g/mol. The third-order valence-corrected chi connectivity index (χ3v) is 6.39. The highest BCUT2D eigenvalue weighted by atomic mass is 19.3. The van der Waals surface area contributed by atoms with E-state index >= 15 is 0 Å². The zero-order valence-electron chi connectivity index (χ0n) is 18.4. The van der Waals surface area contributed by atoms with Gasteiger partial charge >= 0.3 is 12.1 Å². The van der Waals surface area contributed by atoms with Crippen molar-refractivity contribution in [1.29, 1.82) is 0 Å². The lowest BCUT2D eigenvalue weighted by atomic mass is 9.92. The van der Waals surface area contributed by atoms with Crippen molar-refractivity contribution in [2.75, 3.05) is 6.61 Å². The number of rotatable bonds is 7. The Morgan fingerprint density at radius 2 is 1.56 bits per heavy atom. The number of nitrogens with one attached hydrogen (secondary N) is 2. The lowest BCUT2D eigenvalue weighted by Crippen LogP contribution is -2.51. The molecule has 1 atom stereocenters. The number of fused-ring (bicyclic) bond motifs is 3. The van der Waals surface area contributed by atoms with Crippen LogP contribution in [0.1, 0.15) is 49.1 Å². The van der Waals surface area contributed by atoms with Crippen molar-refractivity contribution in [3.63, 3.8) is 0 Å². The van der Waals surface area contributed by atoms with E-state index in [1.54, 1.807) is 0 Å². The number of carbonyl (C=O) groups is 3. The number of hydrogen-bond acceptors (Lipinski definition) is 4. The molecule has 0 aromatic heterocycles. The number of amides is 2. The maximum Gasteiger partial charge on any atom is 0.407 e. The summed E-state index contributed by atoms with van der Waals surface area (Å²) in [5.74, 6) is -4.95. The molecule has 7 nitrogen and oxygen atoms in total. The molecule has 0 heterocycles. The third kappa shape index (κ3) is 5.35. The fourth-order valence-corrected chi connectivity index (χ4v) is 4.65. The van der Waals surface area contributed by atoms with Crippen molar-refractivity contribution >= 4 is 18.0 Å². The van der Waals surface area contributed by atoms with Gasteiger partial charge in [-0.25, -0.2) is 13.6 Å². The zero-order chi connectivity index (χ0) is 24.3. The molecule has 2 aliphatic rings. The minimum Gasteiger partial charge on any atom is -0.481 e. The van der Waals surface area contributed by atoms with Gasteiger partial charge in [-0.15, -0.1) is 0 Å². The van der Waals surface area contributed by atoms with Crippen LogP contribution in [0.2, 0.25) is 0 Å². The Bertz CT molecular complexity index is 1030. The van der Waals surface area contributed by atoms with Crippen LogP contribution in [-0.4, -0.2) is 47.7 Å². The highest BCUT2D eigenvalue weighted by Gasteiger charge is 2.36. The van der Waals surface area contributed by atoms with Gasteiger partial charge in [-0.05, 0) is 35.1 Å². The summed E-state index contributed by atoms with van der Waals surface area (Å²) in [5, 5.41) is 14.1. The quantitative estimate of drug-likeness (QED) is 0.564. The van der Waals surface area contributed by atoms with Crippen LogP contribution in [0.25, 0.3) is 11.1 Å². The van der Waals surface area contributed by atoms with E-state index in [2.05, 4.69) is 10.6 Å². The van der Waals surface area contributed by atoms with Crippen LogP contribution >= 0.6 is 0 Å². The predicted octanol–water partition coefficient (Wildman–Crippen LogP) is 4.06. The summed E-state index contributed by atoms with van der Waals surface area (Å²) in [6.45, 7) is 0.0129. The van der Waals surface area contributed by atoms with Gasteiger partial charge in [-0.2, -0.15) is 0 Å². The van der Waals surface area contributed by atoms with Gasteiger partial charge in [0.25, 0.3) is 0 Å². The highest BCUT2D eigenvalue weighted by molar-refractivity contribution is 5.89. The maximum absolute atomic E-state index is 13.4. The molecule has 1 saturated carbocycles. The van der Waals surface area contributed by atoms with Gasteiger partial charge in [0, 0.05) is 24.8 Å². The summed E-state index contributed by atoms with van der Waals surface area (Å²) in [5.41, 5.74) is 4.16. The van der Waals surface area contributed by atoms with E-state index in [1.165, 1.54) is 0 Å². The molecular formula is C25H26F2N2O5. The minimum absolute atomic E-state index is 0.0129. The first-order valence-electron chi connectivity index (χ1n) is 11.2. The minimum atomic E-state index is -2.75. The molecule has 34 heavy (non-hydrogen) atoms. The molecule has 4 rings (SSSR count). The standard InChI is InChI=1S/C25H26F2N2O5/c26-25(27)11-9-15(10-12-25)28-23(32)21(13-22(30)31)29-24(33)34-14-20-18-7-3-1-5-16(18)17-6-2-4-8-19(17)20/h1-8,15,20-21H,9-14H2,(H,28,32)(H,29,33)(H,30,31). The van der Waals surface area contributed by atoms with Gasteiger partial charge in [0.2, 0.25) is 11.8 Å². The molecule has 0 spiro atoms. The SMILES string of the molecule is O=C(O)CC(NC(=O)OCC1c2ccccc2-c2ccccc21)C(=O)NC1CCC(F)(F)CC1. The molecule has 1 unspecified atom stereocenters. The van der Waals surface area contributed by atoms with E-state index in [9.17, 15) is 23.2 Å². The number of carbonyl (C=O) groups excluding carboxylic acids is 2. The summed E-state index contributed by atoms with van der Waals surface area (Å²) in [6.07, 6.45) is -2.09. The molecule has 2 aliphatic carbocycles. The van der Waals surface area contributed by atoms with E-state index in [1.807, 2.05) is 48.5 Å². The van der Waals surface area contributed by atoms with Crippen molar-refractivity contribution in [2.24, 2.45) is 0 Å². The number of halogens is 2. The second-order valence-electron chi connectivity index (χ2n) is 8.76. The van der Waals surface area contributed by atoms with Crippen molar-refractivity contribution in [2.45, 2.75) is 56.0 Å². The van der Waals surface area contributed by atoms with Crippen LogP contribution in [0, 0.1) is 0 Å². The predicted molar refractivity (Wildman–Crippen MR) is 120 cm³/mol. The van der Waals surface area contributed by atoms with E-state index in [-0.39, 0.29) is 38.2 Å². The molecule has 2 aromatic carbocycles. The van der Waals surface area contributed by atoms with Crippen LogP contribution in [0.5, 0.6) is 0 Å². The molecular weight excluding hydrogens is 446 g/mol. The maximum atomic E-state index is 13.4. The first kappa shape index (κ1) is 23.7. The van der Waals surface area contributed by atoms with E-state index in [0.717, 1.165) is 22.3 Å². The Hall–Kier alpha value is -3.49. The molecule has 2 aromatic rings. The summed E-state index contributed by atoms with van der Waals surface area (Å²) in [6, 6.07) is 13.8. The van der Waals surface area contributed by atoms with Gasteiger partial charge in [-0.1, -0.05) is 48.5 Å². The highest BCUT2D eigenvalue weighted by Crippen LogP contribution is 2.44. The van der Waals surface area contributed by atoms with E-state index in [0.29, 0.717) is 0 Å². The number of benzene rings is 2. The smallest absolute Gasteiger partial charge is 0.407 e. The summed E-state index contributed by atoms with van der Waals surface area (Å²) >= 11 is 0. The zero-order valence-corrected chi connectivity index (χ0v) is 18.4. The van der Waals surface area contributed by atoms with Crippen molar-refractivity contribution in [3.8, 4) is 11.1 Å². The van der Waals surface area contributed by atoms with Crippen LogP contribution < -0.4 is 10.6 Å². The lowest BCUT2D eigenvalue weighted by molar-refractivity contribution is -0.140. The third-order valence-electron chi connectivity index (χ3n) is 6.39. The summed E-state index contributed by atoms with van der Waals surface area (Å²) in [4.78, 5) is 36.3. The number of carboxylic acids is 1. The van der Waals surface area contributed by atoms with Crippen LogP contribution in [0.15, 0.2) is 48.5 Å². The Kier molecular flexibility index (Phi) is 6.81. The van der Waals surface area contributed by atoms with Crippen molar-refractivity contribution in [3.05, 3.63) is 59.7 Å². The molecule has 0 radical (unpaired) electrons. The number of carboxylic acid groups (broad SMARTS) is 1. The Balaban J connectivity index is 1.37. The van der Waals surface area contributed by atoms with Crippen molar-refractivity contribution in [1.82, 2.24) is 10.6 Å². The summed E-state index contributed by atoms with van der Waals surface area (Å²) in [7, 11) is 0. The molecule has 180 valence electrons. The molecule has 1 fully saturated rings. The number of hydrogen-bond donors (Lipinski definition) is 3. The average Bonchev–Trinajstić information content (AvgIpc) is 3.12. The second kappa shape index (κ2) is 9.79. The Morgan fingerprint density at radius 3 is 2.12 bits per heavy atom. The Morgan fingerprint density at radius 1 is 1.00 bits per heavy atom. The van der Waals surface area contributed by atoms with Gasteiger partial charge in [0.1, 0.15) is 12.6 Å². The second-order valence-corrected chi connectivity index (χ2v) is 8.76. The number of alkyl carbamates (subject to hydrolysis) is 1. The fraction of sp³-hybridized carbons (Fsp3) is 0.400. The largest absolute Gasteiger partial charge is 0.481 e. The lowest BCUT2D eigenvalue weighted by Gasteiger charge is -2.30. The molecule has 0 bridgehead atoms. The first-order valence-corrected chi connectivity index (χ1v) is 11.2. The van der Waals surface area contributed by atoms with Crippen LogP contribution in [0.4, 0.5) is 13.6 Å². The molecule has 9 heteroatoms. The normalized spacial score (nSPS) is 17.8. The van der Waals surface area contributed by atoms with E-state index in [4.69, 9.17) is 9.84 Å².